The lowest BCUT2D eigenvalue weighted by molar-refractivity contribution is 0.341. The van der Waals surface area contributed by atoms with Crippen LogP contribution < -0.4 is 4.43 Å². The Hall–Kier alpha value is -1.81. The second kappa shape index (κ2) is 6.13. The maximum Gasteiger partial charge on any atom is 0.250 e. The van der Waals surface area contributed by atoms with Crippen LogP contribution in [0.15, 0.2) is 36.6 Å². The summed E-state index contributed by atoms with van der Waals surface area (Å²) in [5.74, 6) is 0.872. The minimum Gasteiger partial charge on any atom is -0.542 e. The van der Waals surface area contributed by atoms with Gasteiger partial charge in [-0.2, -0.15) is 0 Å². The second-order valence-electron chi connectivity index (χ2n) is 6.96. The standard InChI is InChI=1S/C18H25NO2Si/c1-18(2,3)22(5,6)21-16-9-7-8-14-10-11-15(12-13-20-4)19-17(14)16/h7-13H,1-6H3. The molecule has 0 spiro atoms. The fraction of sp³-hybridized carbons (Fsp3) is 0.389. The smallest absolute Gasteiger partial charge is 0.250 e. The average Bonchev–Trinajstić information content (AvgIpc) is 2.44. The summed E-state index contributed by atoms with van der Waals surface area (Å²) in [5, 5.41) is 1.24. The number of pyridine rings is 1. The predicted octanol–water partition coefficient (Wildman–Crippen LogP) is 5.24. The second-order valence-corrected chi connectivity index (χ2v) is 11.7. The molecule has 0 aliphatic rings. The van der Waals surface area contributed by atoms with Crippen LogP contribution in [-0.2, 0) is 4.74 Å². The van der Waals surface area contributed by atoms with Gasteiger partial charge >= 0.3 is 0 Å². The molecule has 0 fully saturated rings. The fourth-order valence-electron chi connectivity index (χ4n) is 1.88. The SMILES string of the molecule is COC=Cc1ccc2cccc(O[Si](C)(C)C(C)(C)C)c2n1. The zero-order valence-electron chi connectivity index (χ0n) is 14.3. The van der Waals surface area contributed by atoms with Gasteiger partial charge < -0.3 is 9.16 Å². The highest BCUT2D eigenvalue weighted by Gasteiger charge is 2.39. The van der Waals surface area contributed by atoms with Crippen molar-refractivity contribution in [3.05, 3.63) is 42.3 Å². The molecule has 118 valence electrons. The van der Waals surface area contributed by atoms with Gasteiger partial charge in [0.25, 0.3) is 8.32 Å². The van der Waals surface area contributed by atoms with E-state index in [2.05, 4.69) is 46.0 Å². The molecule has 0 aliphatic carbocycles. The monoisotopic (exact) mass is 315 g/mol. The van der Waals surface area contributed by atoms with Crippen molar-refractivity contribution in [1.29, 1.82) is 0 Å². The maximum absolute atomic E-state index is 6.46. The van der Waals surface area contributed by atoms with Crippen LogP contribution in [0.5, 0.6) is 5.75 Å². The van der Waals surface area contributed by atoms with E-state index < -0.39 is 8.32 Å². The van der Waals surface area contributed by atoms with Crippen molar-refractivity contribution >= 4 is 25.3 Å². The number of benzene rings is 1. The van der Waals surface area contributed by atoms with Crippen LogP contribution in [0.25, 0.3) is 17.0 Å². The molecule has 4 heteroatoms. The number of methoxy groups -OCH3 is 1. The highest BCUT2D eigenvalue weighted by Crippen LogP contribution is 2.38. The van der Waals surface area contributed by atoms with Crippen molar-refractivity contribution in [2.24, 2.45) is 0 Å². The van der Waals surface area contributed by atoms with Crippen LogP contribution in [-0.4, -0.2) is 20.4 Å². The summed E-state index contributed by atoms with van der Waals surface area (Å²) >= 11 is 0. The molecule has 0 aliphatic heterocycles. The van der Waals surface area contributed by atoms with Crippen LogP contribution in [0.1, 0.15) is 26.5 Å². The van der Waals surface area contributed by atoms with E-state index >= 15 is 0 Å². The van der Waals surface area contributed by atoms with Crippen molar-refractivity contribution in [1.82, 2.24) is 4.98 Å². The highest BCUT2D eigenvalue weighted by molar-refractivity contribution is 6.74. The molecular formula is C18H25NO2Si. The molecule has 1 heterocycles. The molecule has 0 bridgehead atoms. The summed E-state index contributed by atoms with van der Waals surface area (Å²) in [5.41, 5.74) is 1.77. The average molecular weight is 315 g/mol. The first-order valence-corrected chi connectivity index (χ1v) is 10.4. The van der Waals surface area contributed by atoms with E-state index in [1.807, 2.05) is 24.3 Å². The highest BCUT2D eigenvalue weighted by atomic mass is 28.4. The van der Waals surface area contributed by atoms with Gasteiger partial charge in [-0.05, 0) is 36.3 Å². The first kappa shape index (κ1) is 16.6. The number of aromatic nitrogens is 1. The molecule has 2 aromatic rings. The Kier molecular flexibility index (Phi) is 4.61. The predicted molar refractivity (Wildman–Crippen MR) is 95.6 cm³/mol. The van der Waals surface area contributed by atoms with Gasteiger partial charge in [0.15, 0.2) is 0 Å². The van der Waals surface area contributed by atoms with Gasteiger partial charge in [0, 0.05) is 5.39 Å². The first-order valence-electron chi connectivity index (χ1n) is 7.53. The lowest BCUT2D eigenvalue weighted by Crippen LogP contribution is -2.43. The summed E-state index contributed by atoms with van der Waals surface area (Å²) < 4.78 is 11.4. The quantitative estimate of drug-likeness (QED) is 0.571. The van der Waals surface area contributed by atoms with Gasteiger partial charge in [-0.15, -0.1) is 0 Å². The van der Waals surface area contributed by atoms with Gasteiger partial charge in [-0.3, -0.25) is 0 Å². The molecule has 22 heavy (non-hydrogen) atoms. The van der Waals surface area contributed by atoms with Crippen LogP contribution in [0.2, 0.25) is 18.1 Å². The minimum absolute atomic E-state index is 0.155. The van der Waals surface area contributed by atoms with Crippen LogP contribution in [0.3, 0.4) is 0 Å². The number of fused-ring (bicyclic) bond motifs is 1. The Bertz CT molecular complexity index is 687. The van der Waals surface area contributed by atoms with E-state index in [-0.39, 0.29) is 5.04 Å². The molecule has 0 saturated heterocycles. The van der Waals surface area contributed by atoms with E-state index in [1.165, 1.54) is 0 Å². The van der Waals surface area contributed by atoms with Gasteiger partial charge in [0.05, 0.1) is 19.1 Å². The number of hydrogen-bond acceptors (Lipinski definition) is 3. The number of hydrogen-bond donors (Lipinski definition) is 0. The maximum atomic E-state index is 6.46. The Morgan fingerprint density at radius 3 is 2.45 bits per heavy atom. The molecule has 0 unspecified atom stereocenters. The molecule has 0 radical (unpaired) electrons. The van der Waals surface area contributed by atoms with Crippen molar-refractivity contribution < 1.29 is 9.16 Å². The topological polar surface area (TPSA) is 31.4 Å². The van der Waals surface area contributed by atoms with E-state index in [0.717, 1.165) is 22.3 Å². The Morgan fingerprint density at radius 2 is 1.82 bits per heavy atom. The number of ether oxygens (including phenoxy) is 1. The zero-order valence-corrected chi connectivity index (χ0v) is 15.3. The molecule has 0 N–H and O–H groups in total. The van der Waals surface area contributed by atoms with E-state index in [9.17, 15) is 0 Å². The Balaban J connectivity index is 2.47. The first-order chi connectivity index (χ1) is 10.2. The number of nitrogens with zero attached hydrogens (tertiary/aromatic N) is 1. The van der Waals surface area contributed by atoms with E-state index in [0.29, 0.717) is 0 Å². The van der Waals surface area contributed by atoms with Crippen LogP contribution in [0, 0.1) is 0 Å². The van der Waals surface area contributed by atoms with E-state index in [1.54, 1.807) is 13.4 Å². The third-order valence-corrected chi connectivity index (χ3v) is 8.59. The molecule has 0 saturated carbocycles. The Labute approximate surface area is 134 Å². The van der Waals surface area contributed by atoms with Gasteiger partial charge in [0.2, 0.25) is 0 Å². The van der Waals surface area contributed by atoms with Crippen molar-refractivity contribution in [2.45, 2.75) is 38.9 Å². The minimum atomic E-state index is -1.89. The van der Waals surface area contributed by atoms with E-state index in [4.69, 9.17) is 14.1 Å². The summed E-state index contributed by atoms with van der Waals surface area (Å²) in [6, 6.07) is 10.1. The lowest BCUT2D eigenvalue weighted by atomic mass is 10.2. The zero-order chi connectivity index (χ0) is 16.4. The van der Waals surface area contributed by atoms with Gasteiger partial charge in [-0.1, -0.05) is 39.0 Å². The molecule has 0 atom stereocenters. The van der Waals surface area contributed by atoms with Crippen molar-refractivity contribution in [3.63, 3.8) is 0 Å². The molecular weight excluding hydrogens is 290 g/mol. The number of para-hydroxylation sites is 1. The molecule has 1 aromatic carbocycles. The number of rotatable bonds is 4. The van der Waals surface area contributed by atoms with Crippen molar-refractivity contribution in [2.75, 3.05) is 7.11 Å². The third-order valence-electron chi connectivity index (χ3n) is 4.25. The van der Waals surface area contributed by atoms with Crippen LogP contribution >= 0.6 is 0 Å². The fourth-order valence-corrected chi connectivity index (χ4v) is 2.90. The van der Waals surface area contributed by atoms with Crippen LogP contribution in [0.4, 0.5) is 0 Å². The summed E-state index contributed by atoms with van der Waals surface area (Å²) in [7, 11) is -0.260. The normalized spacial score (nSPS) is 12.8. The Morgan fingerprint density at radius 1 is 1.09 bits per heavy atom. The summed E-state index contributed by atoms with van der Waals surface area (Å²) in [6.45, 7) is 11.2. The summed E-state index contributed by atoms with van der Waals surface area (Å²) in [4.78, 5) is 4.71. The lowest BCUT2D eigenvalue weighted by Gasteiger charge is -2.36. The summed E-state index contributed by atoms with van der Waals surface area (Å²) in [6.07, 6.45) is 3.48. The molecule has 0 amide bonds. The third kappa shape index (κ3) is 3.50. The molecule has 2 rings (SSSR count). The molecule has 1 aromatic heterocycles. The van der Waals surface area contributed by atoms with Gasteiger partial charge in [-0.25, -0.2) is 4.98 Å². The van der Waals surface area contributed by atoms with Gasteiger partial charge in [0.1, 0.15) is 11.3 Å². The largest absolute Gasteiger partial charge is 0.542 e. The molecule has 3 nitrogen and oxygen atoms in total. The van der Waals surface area contributed by atoms with Crippen molar-refractivity contribution in [3.8, 4) is 5.75 Å².